The molecule has 5 heteroatoms. The van der Waals surface area contributed by atoms with Gasteiger partial charge in [0.15, 0.2) is 0 Å². The van der Waals surface area contributed by atoms with Crippen molar-refractivity contribution in [1.29, 1.82) is 0 Å². The minimum Gasteiger partial charge on any atom is -0.487 e. The van der Waals surface area contributed by atoms with Crippen molar-refractivity contribution in [2.75, 3.05) is 0 Å². The van der Waals surface area contributed by atoms with Crippen LogP contribution < -0.4 is 4.74 Å². The molecule has 4 nitrogen and oxygen atoms in total. The van der Waals surface area contributed by atoms with E-state index in [9.17, 15) is 0 Å². The summed E-state index contributed by atoms with van der Waals surface area (Å²) in [6.07, 6.45) is 1.77. The van der Waals surface area contributed by atoms with Gasteiger partial charge >= 0.3 is 0 Å². The maximum Gasteiger partial charge on any atom is 0.216 e. The molecule has 0 atom stereocenters. The first-order chi connectivity index (χ1) is 9.92. The molecule has 2 aromatic carbocycles. The molecule has 3 heterocycles. The highest BCUT2D eigenvalue weighted by molar-refractivity contribution is 7.17. The van der Waals surface area contributed by atoms with Gasteiger partial charge in [0.2, 0.25) is 4.96 Å². The maximum atomic E-state index is 6.01. The first-order valence-corrected chi connectivity index (χ1v) is 7.20. The number of hydrogen-bond acceptors (Lipinski definition) is 4. The van der Waals surface area contributed by atoms with E-state index in [4.69, 9.17) is 4.74 Å². The van der Waals surface area contributed by atoms with Crippen LogP contribution in [-0.2, 0) is 6.61 Å². The predicted molar refractivity (Wildman–Crippen MR) is 78.1 cm³/mol. The van der Waals surface area contributed by atoms with Crippen molar-refractivity contribution < 1.29 is 4.74 Å². The minimum atomic E-state index is 0.602. The largest absolute Gasteiger partial charge is 0.487 e. The molecule has 0 spiro atoms. The second-order valence-electron chi connectivity index (χ2n) is 4.81. The molecule has 1 aliphatic rings. The fourth-order valence-corrected chi connectivity index (χ4v) is 3.81. The number of aromatic nitrogens is 3. The topological polar surface area (TPSA) is 39.4 Å². The van der Waals surface area contributed by atoms with Crippen molar-refractivity contribution in [3.05, 3.63) is 47.6 Å². The Kier molecular flexibility index (Phi) is 1.86. The maximum absolute atomic E-state index is 6.01. The summed E-state index contributed by atoms with van der Waals surface area (Å²) in [5, 5.41) is 10.5. The van der Waals surface area contributed by atoms with Gasteiger partial charge in [-0.1, -0.05) is 41.7 Å². The first kappa shape index (κ1) is 10.4. The molecule has 0 aliphatic carbocycles. The summed E-state index contributed by atoms with van der Waals surface area (Å²) in [7, 11) is 0. The van der Waals surface area contributed by atoms with Crippen molar-refractivity contribution in [3.63, 3.8) is 0 Å². The Hall–Kier alpha value is -2.40. The third kappa shape index (κ3) is 1.20. The molecule has 0 amide bonds. The molecular weight excluding hydrogens is 270 g/mol. The van der Waals surface area contributed by atoms with Crippen LogP contribution in [0.3, 0.4) is 0 Å². The Morgan fingerprint density at radius 3 is 3.10 bits per heavy atom. The fraction of sp³-hybridized carbons (Fsp3) is 0.0667. The average Bonchev–Trinajstić information content (AvgIpc) is 3.06. The van der Waals surface area contributed by atoms with Gasteiger partial charge in [-0.2, -0.15) is 0 Å². The van der Waals surface area contributed by atoms with Crippen molar-refractivity contribution in [1.82, 2.24) is 14.6 Å². The van der Waals surface area contributed by atoms with Gasteiger partial charge in [0.25, 0.3) is 0 Å². The van der Waals surface area contributed by atoms with Crippen LogP contribution in [0.2, 0.25) is 0 Å². The molecule has 0 radical (unpaired) electrons. The van der Waals surface area contributed by atoms with Gasteiger partial charge in [-0.3, -0.25) is 4.40 Å². The molecule has 0 saturated heterocycles. The molecule has 1 aliphatic heterocycles. The van der Waals surface area contributed by atoms with E-state index in [1.807, 2.05) is 12.1 Å². The average molecular weight is 279 g/mol. The Labute approximate surface area is 118 Å². The standard InChI is InChI=1S/C15H9N3OS/c1-2-4-10-9(3-1)5-6-11-13-12(7-19-14(10)11)20-15-17-16-8-18(13)15/h1-6,8H,7H2. The summed E-state index contributed by atoms with van der Waals surface area (Å²) < 4.78 is 8.06. The Bertz CT molecular complexity index is 970. The van der Waals surface area contributed by atoms with E-state index in [0.29, 0.717) is 6.61 Å². The van der Waals surface area contributed by atoms with Gasteiger partial charge in [0, 0.05) is 10.9 Å². The van der Waals surface area contributed by atoms with E-state index >= 15 is 0 Å². The van der Waals surface area contributed by atoms with Gasteiger partial charge in [0.1, 0.15) is 18.7 Å². The van der Waals surface area contributed by atoms with Crippen LogP contribution in [-0.4, -0.2) is 14.6 Å². The van der Waals surface area contributed by atoms with E-state index < -0.39 is 0 Å². The lowest BCUT2D eigenvalue weighted by Crippen LogP contribution is -2.05. The van der Waals surface area contributed by atoms with Gasteiger partial charge in [-0.05, 0) is 11.5 Å². The number of ether oxygens (including phenoxy) is 1. The molecule has 96 valence electrons. The van der Waals surface area contributed by atoms with Crippen molar-refractivity contribution in [3.8, 4) is 17.0 Å². The third-order valence-corrected chi connectivity index (χ3v) is 4.74. The number of fused-ring (bicyclic) bond motifs is 7. The Morgan fingerprint density at radius 2 is 2.10 bits per heavy atom. The molecule has 0 N–H and O–H groups in total. The lowest BCUT2D eigenvalue weighted by molar-refractivity contribution is 0.309. The zero-order chi connectivity index (χ0) is 13.1. The summed E-state index contributed by atoms with van der Waals surface area (Å²) in [5.41, 5.74) is 2.29. The first-order valence-electron chi connectivity index (χ1n) is 6.38. The fourth-order valence-electron chi connectivity index (χ4n) is 2.84. The van der Waals surface area contributed by atoms with Crippen LogP contribution in [0.1, 0.15) is 4.88 Å². The van der Waals surface area contributed by atoms with Crippen molar-refractivity contribution in [2.45, 2.75) is 6.61 Å². The Morgan fingerprint density at radius 1 is 1.15 bits per heavy atom. The number of thiazole rings is 1. The van der Waals surface area contributed by atoms with E-state index in [1.165, 1.54) is 16.0 Å². The molecule has 0 saturated carbocycles. The third-order valence-electron chi connectivity index (χ3n) is 3.72. The highest BCUT2D eigenvalue weighted by atomic mass is 32.1. The SMILES string of the molecule is c1ccc2c3c(ccc2c1)-c1c(sc2nncn12)CO3. The van der Waals surface area contributed by atoms with Gasteiger partial charge < -0.3 is 4.74 Å². The lowest BCUT2D eigenvalue weighted by Gasteiger charge is -2.19. The summed E-state index contributed by atoms with van der Waals surface area (Å²) in [6.45, 7) is 0.602. The van der Waals surface area contributed by atoms with Crippen LogP contribution >= 0.6 is 11.3 Å². The van der Waals surface area contributed by atoms with Gasteiger partial charge in [-0.15, -0.1) is 10.2 Å². The highest BCUT2D eigenvalue weighted by Crippen LogP contribution is 2.44. The monoisotopic (exact) mass is 279 g/mol. The van der Waals surface area contributed by atoms with Crippen LogP contribution in [0.15, 0.2) is 42.7 Å². The zero-order valence-electron chi connectivity index (χ0n) is 10.4. The quantitative estimate of drug-likeness (QED) is 0.494. The van der Waals surface area contributed by atoms with E-state index in [0.717, 1.165) is 21.7 Å². The molecule has 20 heavy (non-hydrogen) atoms. The normalized spacial score (nSPS) is 13.2. The van der Waals surface area contributed by atoms with Gasteiger partial charge in [-0.25, -0.2) is 0 Å². The molecule has 2 aromatic heterocycles. The summed E-state index contributed by atoms with van der Waals surface area (Å²) >= 11 is 1.64. The summed E-state index contributed by atoms with van der Waals surface area (Å²) in [6, 6.07) is 12.6. The number of hydrogen-bond donors (Lipinski definition) is 0. The molecule has 0 fully saturated rings. The van der Waals surface area contributed by atoms with Crippen LogP contribution in [0.5, 0.6) is 5.75 Å². The molecule has 4 aromatic rings. The number of nitrogens with zero attached hydrogens (tertiary/aromatic N) is 3. The smallest absolute Gasteiger partial charge is 0.216 e. The molecule has 5 rings (SSSR count). The summed E-state index contributed by atoms with van der Waals surface area (Å²) in [5.74, 6) is 0.962. The van der Waals surface area contributed by atoms with E-state index in [2.05, 4.69) is 38.9 Å². The predicted octanol–water partition coefficient (Wildman–Crippen LogP) is 3.50. The Balaban J connectivity index is 1.94. The molecule has 0 bridgehead atoms. The highest BCUT2D eigenvalue weighted by Gasteiger charge is 2.24. The van der Waals surface area contributed by atoms with Crippen molar-refractivity contribution in [2.24, 2.45) is 0 Å². The lowest BCUT2D eigenvalue weighted by atomic mass is 10.0. The van der Waals surface area contributed by atoms with Gasteiger partial charge in [0.05, 0.1) is 10.6 Å². The molecule has 0 unspecified atom stereocenters. The summed E-state index contributed by atoms with van der Waals surface area (Å²) in [4.78, 5) is 2.12. The number of benzene rings is 2. The van der Waals surface area contributed by atoms with E-state index in [1.54, 1.807) is 17.7 Å². The zero-order valence-corrected chi connectivity index (χ0v) is 11.2. The second-order valence-corrected chi connectivity index (χ2v) is 5.87. The molecular formula is C15H9N3OS. The van der Waals surface area contributed by atoms with Crippen LogP contribution in [0.4, 0.5) is 0 Å². The van der Waals surface area contributed by atoms with Crippen LogP contribution in [0.25, 0.3) is 27.0 Å². The van der Waals surface area contributed by atoms with Crippen molar-refractivity contribution >= 4 is 27.1 Å². The number of rotatable bonds is 0. The van der Waals surface area contributed by atoms with Crippen LogP contribution in [0, 0.1) is 0 Å². The van der Waals surface area contributed by atoms with E-state index in [-0.39, 0.29) is 0 Å². The minimum absolute atomic E-state index is 0.602. The second kappa shape index (κ2) is 3.58.